The SMILES string of the molecule is Cc1ccc(S(=O)(=O)NCCC(C#CI(OS(=O)(=O)C(F)(F)F)c2ccccc2)C(C)C)cc1. The van der Waals surface area contributed by atoms with Crippen LogP contribution < -0.4 is 4.72 Å². The number of aryl methyl sites for hydroxylation is 1. The van der Waals surface area contributed by atoms with Crippen molar-refractivity contribution in [3.8, 4) is 9.85 Å². The normalized spacial score (nSPS) is 13.8. The summed E-state index contributed by atoms with van der Waals surface area (Å²) in [5.74, 6) is 2.39. The van der Waals surface area contributed by atoms with Gasteiger partial charge in [-0.1, -0.05) is 0 Å². The van der Waals surface area contributed by atoms with Gasteiger partial charge >= 0.3 is 207 Å². The van der Waals surface area contributed by atoms with Gasteiger partial charge < -0.3 is 0 Å². The molecule has 0 aliphatic carbocycles. The average Bonchev–Trinajstić information content (AvgIpc) is 2.75. The quantitative estimate of drug-likeness (QED) is 0.238. The Morgan fingerprint density at radius 2 is 1.59 bits per heavy atom. The molecule has 0 saturated heterocycles. The van der Waals surface area contributed by atoms with Crippen molar-refractivity contribution < 1.29 is 32.5 Å². The van der Waals surface area contributed by atoms with E-state index in [0.29, 0.717) is 3.57 Å². The van der Waals surface area contributed by atoms with Gasteiger partial charge in [-0.05, 0) is 0 Å². The van der Waals surface area contributed by atoms with Gasteiger partial charge in [-0.15, -0.1) is 0 Å². The predicted octanol–water partition coefficient (Wildman–Crippen LogP) is 5.05. The van der Waals surface area contributed by atoms with Gasteiger partial charge in [0, 0.05) is 0 Å². The van der Waals surface area contributed by atoms with Gasteiger partial charge in [0.15, 0.2) is 0 Å². The molecule has 6 nitrogen and oxygen atoms in total. The maximum absolute atomic E-state index is 12.9. The first-order valence-corrected chi connectivity index (χ1v) is 16.0. The second kappa shape index (κ2) is 11.9. The predicted molar refractivity (Wildman–Crippen MR) is 132 cm³/mol. The van der Waals surface area contributed by atoms with Crippen molar-refractivity contribution in [3.63, 3.8) is 0 Å². The third kappa shape index (κ3) is 8.23. The minimum absolute atomic E-state index is 0.0506. The Hall–Kier alpha value is -1.66. The summed E-state index contributed by atoms with van der Waals surface area (Å²) in [7, 11) is -9.54. The summed E-state index contributed by atoms with van der Waals surface area (Å²) in [5.41, 5.74) is -4.63. The summed E-state index contributed by atoms with van der Waals surface area (Å²) >= 11 is -3.56. The number of hydrogen-bond donors (Lipinski definition) is 1. The van der Waals surface area contributed by atoms with E-state index in [4.69, 9.17) is 0 Å². The Labute approximate surface area is 206 Å². The van der Waals surface area contributed by atoms with Crippen LogP contribution in [0.2, 0.25) is 0 Å². The van der Waals surface area contributed by atoms with Crippen LogP contribution in [0, 0.1) is 32.2 Å². The second-order valence-corrected chi connectivity index (χ2v) is 15.1. The van der Waals surface area contributed by atoms with Crippen LogP contribution in [0.15, 0.2) is 59.5 Å². The van der Waals surface area contributed by atoms with Crippen molar-refractivity contribution >= 4 is 40.4 Å². The third-order valence-corrected chi connectivity index (χ3v) is 12.1. The monoisotopic (exact) mass is 631 g/mol. The van der Waals surface area contributed by atoms with Crippen LogP contribution >= 0.6 is 20.2 Å². The maximum atomic E-state index is 12.9. The topological polar surface area (TPSA) is 89.5 Å². The zero-order valence-corrected chi connectivity index (χ0v) is 22.4. The molecule has 2 rings (SSSR count). The van der Waals surface area contributed by atoms with Gasteiger partial charge in [-0.3, -0.25) is 0 Å². The van der Waals surface area contributed by atoms with E-state index in [1.165, 1.54) is 24.3 Å². The first-order valence-electron chi connectivity index (χ1n) is 10.1. The number of benzene rings is 2. The summed E-state index contributed by atoms with van der Waals surface area (Å²) in [5, 5.41) is 0. The van der Waals surface area contributed by atoms with Gasteiger partial charge in [0.05, 0.1) is 0 Å². The van der Waals surface area contributed by atoms with E-state index in [9.17, 15) is 30.0 Å². The fraction of sp³-hybridized carbons (Fsp3) is 0.364. The Bertz CT molecular complexity index is 1220. The van der Waals surface area contributed by atoms with Crippen LogP contribution in [0.1, 0.15) is 25.8 Å². The molecule has 34 heavy (non-hydrogen) atoms. The van der Waals surface area contributed by atoms with E-state index in [2.05, 4.69) is 17.1 Å². The summed E-state index contributed by atoms with van der Waals surface area (Å²) in [6.07, 6.45) is 0.278. The van der Waals surface area contributed by atoms with Crippen molar-refractivity contribution in [3.05, 3.63) is 63.7 Å². The Kier molecular flexibility index (Phi) is 9.96. The number of hydrogen-bond acceptors (Lipinski definition) is 5. The van der Waals surface area contributed by atoms with Crippen molar-refractivity contribution in [1.82, 2.24) is 4.72 Å². The number of rotatable bonds is 9. The van der Waals surface area contributed by atoms with Crippen LogP contribution in [-0.2, 0) is 22.7 Å². The van der Waals surface area contributed by atoms with Crippen LogP contribution in [0.5, 0.6) is 0 Å². The van der Waals surface area contributed by atoms with Crippen molar-refractivity contribution in [1.29, 1.82) is 0 Å². The first kappa shape index (κ1) is 28.6. The van der Waals surface area contributed by atoms with Gasteiger partial charge in [-0.2, -0.15) is 0 Å². The van der Waals surface area contributed by atoms with Crippen molar-refractivity contribution in [2.24, 2.45) is 11.8 Å². The molecule has 0 saturated carbocycles. The summed E-state index contributed by atoms with van der Waals surface area (Å²) in [6, 6.07) is 14.1. The molecule has 0 bridgehead atoms. The molecule has 1 atom stereocenters. The molecule has 2 aromatic rings. The van der Waals surface area contributed by atoms with E-state index in [1.807, 2.05) is 20.8 Å². The average molecular weight is 631 g/mol. The molecule has 0 amide bonds. The minimum atomic E-state index is -5.81. The van der Waals surface area contributed by atoms with Gasteiger partial charge in [0.1, 0.15) is 0 Å². The third-order valence-electron chi connectivity index (χ3n) is 4.57. The molecule has 188 valence electrons. The molecule has 1 N–H and O–H groups in total. The van der Waals surface area contributed by atoms with E-state index in [-0.39, 0.29) is 23.8 Å². The Morgan fingerprint density at radius 3 is 2.12 bits per heavy atom. The molecule has 2 aromatic carbocycles. The van der Waals surface area contributed by atoms with Gasteiger partial charge in [0.2, 0.25) is 0 Å². The van der Waals surface area contributed by atoms with Crippen LogP contribution in [0.3, 0.4) is 0 Å². The fourth-order valence-electron chi connectivity index (χ4n) is 2.60. The van der Waals surface area contributed by atoms with E-state index >= 15 is 0 Å². The fourth-order valence-corrected chi connectivity index (χ4v) is 8.97. The molecule has 0 aliphatic rings. The Morgan fingerprint density at radius 1 is 1.00 bits per heavy atom. The van der Waals surface area contributed by atoms with Crippen molar-refractivity contribution in [2.45, 2.75) is 37.6 Å². The number of alkyl halides is 3. The second-order valence-electron chi connectivity index (χ2n) is 7.60. The number of nitrogens with one attached hydrogen (secondary N) is 1. The van der Waals surface area contributed by atoms with Gasteiger partial charge in [-0.25, -0.2) is 0 Å². The molecular formula is C22H25F3INO5S2. The number of halogens is 4. The summed E-state index contributed by atoms with van der Waals surface area (Å²) < 4.78 is 96.8. The zero-order chi connectivity index (χ0) is 25.6. The molecule has 1 unspecified atom stereocenters. The molecule has 0 spiro atoms. The number of sulfonamides is 1. The zero-order valence-electron chi connectivity index (χ0n) is 18.6. The van der Waals surface area contributed by atoms with Gasteiger partial charge in [0.25, 0.3) is 0 Å². The standard InChI is InChI=1S/C22H25F3INO5S2/c1-17(2)19(14-16-27-33(28,29)21-11-9-18(3)10-12-21)13-15-26(20-7-5-4-6-8-20)32-34(30,31)22(23,24)25/h4-12,17,19,27H,14,16H2,1-3H3. The van der Waals surface area contributed by atoms with Crippen LogP contribution in [0.4, 0.5) is 13.2 Å². The van der Waals surface area contributed by atoms with E-state index in [1.54, 1.807) is 30.3 Å². The summed E-state index contributed by atoms with van der Waals surface area (Å²) in [4.78, 5) is 0.119. The molecule has 0 aliphatic heterocycles. The van der Waals surface area contributed by atoms with Crippen LogP contribution in [0.25, 0.3) is 0 Å². The molecule has 0 fully saturated rings. The van der Waals surface area contributed by atoms with E-state index < -0.39 is 51.8 Å². The molecular weight excluding hydrogens is 606 g/mol. The Balaban J connectivity index is 2.19. The van der Waals surface area contributed by atoms with Crippen molar-refractivity contribution in [2.75, 3.05) is 6.54 Å². The first-order chi connectivity index (χ1) is 15.7. The molecule has 12 heteroatoms. The summed E-state index contributed by atoms with van der Waals surface area (Å²) in [6.45, 7) is 5.56. The molecule has 0 heterocycles. The van der Waals surface area contributed by atoms with E-state index in [0.717, 1.165) is 5.56 Å². The molecule has 0 aromatic heterocycles. The molecule has 0 radical (unpaired) electrons. The van der Waals surface area contributed by atoms with Crippen LogP contribution in [-0.4, -0.2) is 28.9 Å².